The van der Waals surface area contributed by atoms with Crippen molar-refractivity contribution in [2.75, 3.05) is 5.32 Å². The predicted molar refractivity (Wildman–Crippen MR) is 62.7 cm³/mol. The van der Waals surface area contributed by atoms with Gasteiger partial charge < -0.3 is 14.8 Å². The van der Waals surface area contributed by atoms with Crippen LogP contribution >= 0.6 is 0 Å². The summed E-state index contributed by atoms with van der Waals surface area (Å²) >= 11 is 0. The van der Waals surface area contributed by atoms with Crippen LogP contribution < -0.4 is 14.8 Å². The summed E-state index contributed by atoms with van der Waals surface area (Å²) in [6, 6.07) is 6.09. The first-order valence-corrected chi connectivity index (χ1v) is 5.45. The SMILES string of the molecule is N#Cc1cnc(Nc2ccc3c(c2)OC(F)(F)O3)cn1. The van der Waals surface area contributed by atoms with Gasteiger partial charge in [-0.25, -0.2) is 9.97 Å². The molecule has 1 N–H and O–H groups in total. The molecule has 0 fully saturated rings. The largest absolute Gasteiger partial charge is 0.586 e. The highest BCUT2D eigenvalue weighted by molar-refractivity contribution is 5.61. The smallest absolute Gasteiger partial charge is 0.395 e. The van der Waals surface area contributed by atoms with Gasteiger partial charge in [-0.3, -0.25) is 0 Å². The monoisotopic (exact) mass is 276 g/mol. The minimum atomic E-state index is -3.64. The first-order valence-electron chi connectivity index (χ1n) is 5.45. The molecule has 1 aromatic carbocycles. The number of alkyl halides is 2. The van der Waals surface area contributed by atoms with E-state index in [2.05, 4.69) is 24.8 Å². The number of fused-ring (bicyclic) bond motifs is 1. The summed E-state index contributed by atoms with van der Waals surface area (Å²) in [6.07, 6.45) is -0.990. The maximum Gasteiger partial charge on any atom is 0.586 e. The molecule has 2 aromatic rings. The van der Waals surface area contributed by atoms with Crippen LogP contribution in [-0.4, -0.2) is 16.3 Å². The van der Waals surface area contributed by atoms with Gasteiger partial charge in [0.05, 0.1) is 12.4 Å². The Balaban J connectivity index is 1.81. The van der Waals surface area contributed by atoms with Crippen molar-refractivity contribution in [1.29, 1.82) is 5.26 Å². The number of hydrogen-bond donors (Lipinski definition) is 1. The molecule has 0 spiro atoms. The van der Waals surface area contributed by atoms with Crippen LogP contribution in [0, 0.1) is 11.3 Å². The molecule has 1 aliphatic rings. The summed E-state index contributed by atoms with van der Waals surface area (Å²) in [5.74, 6) is 0.266. The maximum absolute atomic E-state index is 12.9. The fourth-order valence-electron chi connectivity index (χ4n) is 1.62. The van der Waals surface area contributed by atoms with Crippen LogP contribution in [0.4, 0.5) is 20.3 Å². The van der Waals surface area contributed by atoms with E-state index < -0.39 is 6.29 Å². The third-order valence-corrected chi connectivity index (χ3v) is 2.44. The number of rotatable bonds is 2. The summed E-state index contributed by atoms with van der Waals surface area (Å²) in [7, 11) is 0. The highest BCUT2D eigenvalue weighted by Gasteiger charge is 2.43. The van der Waals surface area contributed by atoms with Crippen LogP contribution in [0.2, 0.25) is 0 Å². The van der Waals surface area contributed by atoms with E-state index in [4.69, 9.17) is 5.26 Å². The number of nitrogens with zero attached hydrogens (tertiary/aromatic N) is 3. The van der Waals surface area contributed by atoms with Crippen molar-refractivity contribution < 1.29 is 18.3 Å². The lowest BCUT2D eigenvalue weighted by Gasteiger charge is -2.05. The standard InChI is InChI=1S/C12H6F2N4O2/c13-12(14)19-9-2-1-7(3-10(9)20-12)18-11-6-16-8(4-15)5-17-11/h1-3,5-6H,(H,17,18). The van der Waals surface area contributed by atoms with Gasteiger partial charge in [0.1, 0.15) is 11.9 Å². The number of nitrogens with one attached hydrogen (secondary N) is 1. The average molecular weight is 276 g/mol. The van der Waals surface area contributed by atoms with Crippen molar-refractivity contribution in [1.82, 2.24) is 9.97 Å². The summed E-state index contributed by atoms with van der Waals surface area (Å²) < 4.78 is 34.3. The lowest BCUT2D eigenvalue weighted by atomic mass is 10.3. The zero-order chi connectivity index (χ0) is 14.2. The van der Waals surface area contributed by atoms with Gasteiger partial charge in [-0.2, -0.15) is 5.26 Å². The molecule has 3 rings (SSSR count). The summed E-state index contributed by atoms with van der Waals surface area (Å²) in [6.45, 7) is 0. The average Bonchev–Trinajstić information content (AvgIpc) is 2.73. The second-order valence-electron chi connectivity index (χ2n) is 3.85. The van der Waals surface area contributed by atoms with Gasteiger partial charge >= 0.3 is 6.29 Å². The minimum absolute atomic E-state index is 0.0357. The lowest BCUT2D eigenvalue weighted by molar-refractivity contribution is -0.286. The Morgan fingerprint density at radius 1 is 1.15 bits per heavy atom. The van der Waals surface area contributed by atoms with Crippen molar-refractivity contribution in [3.63, 3.8) is 0 Å². The van der Waals surface area contributed by atoms with E-state index in [1.54, 1.807) is 0 Å². The van der Waals surface area contributed by atoms with Crippen LogP contribution in [0.15, 0.2) is 30.6 Å². The van der Waals surface area contributed by atoms with E-state index in [1.165, 1.54) is 30.6 Å². The zero-order valence-electron chi connectivity index (χ0n) is 9.80. The molecule has 2 heterocycles. The van der Waals surface area contributed by atoms with Gasteiger partial charge in [-0.1, -0.05) is 0 Å². The fraction of sp³-hybridized carbons (Fsp3) is 0.0833. The van der Waals surface area contributed by atoms with Gasteiger partial charge in [0.15, 0.2) is 17.2 Å². The van der Waals surface area contributed by atoms with Crippen LogP contribution in [0.1, 0.15) is 5.69 Å². The molecular formula is C12H6F2N4O2. The molecule has 20 heavy (non-hydrogen) atoms. The fourth-order valence-corrected chi connectivity index (χ4v) is 1.62. The van der Waals surface area contributed by atoms with E-state index in [9.17, 15) is 8.78 Å². The topological polar surface area (TPSA) is 80.1 Å². The van der Waals surface area contributed by atoms with Crippen molar-refractivity contribution in [3.8, 4) is 17.6 Å². The third kappa shape index (κ3) is 2.29. The van der Waals surface area contributed by atoms with Gasteiger partial charge in [0.25, 0.3) is 0 Å². The second kappa shape index (κ2) is 4.31. The number of ether oxygens (including phenoxy) is 2. The Morgan fingerprint density at radius 2 is 1.95 bits per heavy atom. The Labute approximate surface area is 111 Å². The summed E-state index contributed by atoms with van der Waals surface area (Å²) in [5.41, 5.74) is 0.657. The summed E-state index contributed by atoms with van der Waals surface area (Å²) in [4.78, 5) is 7.78. The zero-order valence-corrected chi connectivity index (χ0v) is 9.80. The number of halogens is 2. The predicted octanol–water partition coefficient (Wildman–Crippen LogP) is 2.41. The van der Waals surface area contributed by atoms with E-state index in [0.29, 0.717) is 11.5 Å². The number of nitriles is 1. The number of anilines is 2. The van der Waals surface area contributed by atoms with Crippen LogP contribution in [0.5, 0.6) is 11.5 Å². The van der Waals surface area contributed by atoms with E-state index in [-0.39, 0.29) is 17.2 Å². The molecule has 1 aromatic heterocycles. The molecule has 0 atom stereocenters. The van der Waals surface area contributed by atoms with E-state index in [1.807, 2.05) is 6.07 Å². The molecule has 0 radical (unpaired) electrons. The highest BCUT2D eigenvalue weighted by Crippen LogP contribution is 2.42. The Morgan fingerprint density at radius 3 is 2.65 bits per heavy atom. The van der Waals surface area contributed by atoms with Gasteiger partial charge in [0, 0.05) is 11.8 Å². The normalized spacial score (nSPS) is 14.7. The molecule has 0 amide bonds. The first kappa shape index (κ1) is 12.1. The molecule has 0 saturated carbocycles. The number of hydrogen-bond acceptors (Lipinski definition) is 6. The molecule has 0 aliphatic carbocycles. The minimum Gasteiger partial charge on any atom is -0.395 e. The van der Waals surface area contributed by atoms with Crippen LogP contribution in [-0.2, 0) is 0 Å². The molecule has 100 valence electrons. The van der Waals surface area contributed by atoms with E-state index in [0.717, 1.165) is 0 Å². The van der Waals surface area contributed by atoms with Crippen molar-refractivity contribution in [2.45, 2.75) is 6.29 Å². The Kier molecular flexibility index (Phi) is 2.61. The molecule has 0 saturated heterocycles. The quantitative estimate of drug-likeness (QED) is 0.907. The molecular weight excluding hydrogens is 270 g/mol. The molecule has 1 aliphatic heterocycles. The summed E-state index contributed by atoms with van der Waals surface area (Å²) in [5, 5.41) is 11.4. The second-order valence-corrected chi connectivity index (χ2v) is 3.85. The van der Waals surface area contributed by atoms with Gasteiger partial charge in [-0.05, 0) is 12.1 Å². The maximum atomic E-state index is 12.9. The first-order chi connectivity index (χ1) is 9.55. The highest BCUT2D eigenvalue weighted by atomic mass is 19.3. The molecule has 0 bridgehead atoms. The van der Waals surface area contributed by atoms with Crippen molar-refractivity contribution >= 4 is 11.5 Å². The number of benzene rings is 1. The molecule has 0 unspecified atom stereocenters. The van der Waals surface area contributed by atoms with Crippen LogP contribution in [0.3, 0.4) is 0 Å². The van der Waals surface area contributed by atoms with Gasteiger partial charge in [0.2, 0.25) is 0 Å². The van der Waals surface area contributed by atoms with Crippen molar-refractivity contribution in [3.05, 3.63) is 36.3 Å². The molecule has 8 heteroatoms. The Bertz CT molecular complexity index is 698. The van der Waals surface area contributed by atoms with Crippen molar-refractivity contribution in [2.24, 2.45) is 0 Å². The van der Waals surface area contributed by atoms with E-state index >= 15 is 0 Å². The van der Waals surface area contributed by atoms with Gasteiger partial charge in [-0.15, -0.1) is 8.78 Å². The number of aromatic nitrogens is 2. The van der Waals surface area contributed by atoms with Crippen LogP contribution in [0.25, 0.3) is 0 Å². The molecule has 6 nitrogen and oxygen atoms in total. The lowest BCUT2D eigenvalue weighted by Crippen LogP contribution is -2.25. The third-order valence-electron chi connectivity index (χ3n) is 2.44. The Hall–Kier alpha value is -2.95.